The van der Waals surface area contributed by atoms with Gasteiger partial charge in [-0.15, -0.1) is 0 Å². The third-order valence-corrected chi connectivity index (χ3v) is 2.67. The minimum absolute atomic E-state index is 0.280. The normalized spacial score (nSPS) is 17.4. The van der Waals surface area contributed by atoms with Gasteiger partial charge in [-0.05, 0) is 19.3 Å². The smallest absolute Gasteiger partial charge is 0.101 e. The van der Waals surface area contributed by atoms with Crippen molar-refractivity contribution in [1.29, 1.82) is 0 Å². The van der Waals surface area contributed by atoms with E-state index < -0.39 is 11.6 Å². The molecule has 14 heavy (non-hydrogen) atoms. The molecule has 3 nitrogen and oxygen atoms in total. The number of aliphatic hydroxyl groups is 1. The van der Waals surface area contributed by atoms with E-state index in [2.05, 4.69) is 6.92 Å². The molecule has 84 valence electrons. The van der Waals surface area contributed by atoms with Gasteiger partial charge in [0.25, 0.3) is 0 Å². The summed E-state index contributed by atoms with van der Waals surface area (Å²) in [6, 6.07) is 0. The van der Waals surface area contributed by atoms with Crippen LogP contribution in [-0.2, 0) is 4.79 Å². The zero-order valence-corrected chi connectivity index (χ0v) is 9.38. The van der Waals surface area contributed by atoms with Crippen LogP contribution in [0.5, 0.6) is 0 Å². The van der Waals surface area contributed by atoms with Crippen molar-refractivity contribution in [3.63, 3.8) is 0 Å². The highest BCUT2D eigenvalue weighted by Crippen LogP contribution is 2.23. The summed E-state index contributed by atoms with van der Waals surface area (Å²) in [6.45, 7) is 5.44. The van der Waals surface area contributed by atoms with Crippen LogP contribution < -0.4 is 5.11 Å². The first-order valence-electron chi connectivity index (χ1n) is 5.37. The third-order valence-electron chi connectivity index (χ3n) is 2.67. The van der Waals surface area contributed by atoms with E-state index in [1.165, 1.54) is 6.92 Å². The molecule has 0 heterocycles. The van der Waals surface area contributed by atoms with E-state index in [1.807, 2.05) is 6.92 Å². The monoisotopic (exact) mass is 201 g/mol. The average Bonchev–Trinajstić information content (AvgIpc) is 2.11. The van der Waals surface area contributed by atoms with Gasteiger partial charge in [0.2, 0.25) is 0 Å². The van der Waals surface area contributed by atoms with Crippen LogP contribution in [-0.4, -0.2) is 16.7 Å². The van der Waals surface area contributed by atoms with Crippen molar-refractivity contribution >= 4 is 5.97 Å². The second-order valence-electron chi connectivity index (χ2n) is 4.18. The number of hydrogen-bond acceptors (Lipinski definition) is 3. The molecule has 3 heteroatoms. The highest BCUT2D eigenvalue weighted by molar-refractivity contribution is 5.74. The molecule has 0 bridgehead atoms. The van der Waals surface area contributed by atoms with Crippen molar-refractivity contribution < 1.29 is 15.0 Å². The number of unbranched alkanes of at least 4 members (excludes halogenated alkanes) is 1. The molecule has 0 saturated carbocycles. The summed E-state index contributed by atoms with van der Waals surface area (Å²) in [5.74, 6) is -1.09. The molecule has 0 aliphatic heterocycles. The Morgan fingerprint density at radius 3 is 2.43 bits per heavy atom. The zero-order valence-electron chi connectivity index (χ0n) is 9.38. The predicted molar refractivity (Wildman–Crippen MR) is 53.6 cm³/mol. The van der Waals surface area contributed by atoms with E-state index in [0.29, 0.717) is 6.42 Å². The highest BCUT2D eigenvalue weighted by Gasteiger charge is 2.25. The topological polar surface area (TPSA) is 60.4 Å². The maximum absolute atomic E-state index is 10.6. The number of carbonyl (C=O) groups is 1. The summed E-state index contributed by atoms with van der Waals surface area (Å²) in [7, 11) is 0. The van der Waals surface area contributed by atoms with Crippen LogP contribution >= 0.6 is 0 Å². The molecule has 0 radical (unpaired) electrons. The van der Waals surface area contributed by atoms with E-state index in [-0.39, 0.29) is 5.92 Å². The summed E-state index contributed by atoms with van der Waals surface area (Å²) in [6.07, 6.45) is 4.37. The van der Waals surface area contributed by atoms with Crippen LogP contribution in [0.15, 0.2) is 0 Å². The fourth-order valence-corrected chi connectivity index (χ4v) is 1.59. The summed E-state index contributed by atoms with van der Waals surface area (Å²) >= 11 is 0. The first-order chi connectivity index (χ1) is 6.44. The Morgan fingerprint density at radius 2 is 2.07 bits per heavy atom. The Hall–Kier alpha value is -0.570. The lowest BCUT2D eigenvalue weighted by atomic mass is 9.87. The number of rotatable bonds is 7. The van der Waals surface area contributed by atoms with Crippen LogP contribution in [0.25, 0.3) is 0 Å². The molecule has 2 atom stereocenters. The van der Waals surface area contributed by atoms with E-state index in [1.54, 1.807) is 0 Å². The SMILES string of the molecule is CCCCC(CC)CC(C)(O)C(=O)[O-]. The summed E-state index contributed by atoms with van der Waals surface area (Å²) in [5.41, 5.74) is -1.67. The minimum Gasteiger partial charge on any atom is -0.547 e. The molecular formula is C11H21O3-. The highest BCUT2D eigenvalue weighted by atomic mass is 16.4. The van der Waals surface area contributed by atoms with Gasteiger partial charge in [0, 0.05) is 0 Å². The summed E-state index contributed by atoms with van der Waals surface area (Å²) in [4.78, 5) is 10.6. The molecule has 0 aliphatic carbocycles. The van der Waals surface area contributed by atoms with E-state index in [0.717, 1.165) is 25.7 Å². The van der Waals surface area contributed by atoms with Gasteiger partial charge in [0.05, 0.1) is 5.97 Å². The molecule has 0 aromatic heterocycles. The van der Waals surface area contributed by atoms with Gasteiger partial charge in [-0.25, -0.2) is 0 Å². The minimum atomic E-state index is -1.67. The van der Waals surface area contributed by atoms with Gasteiger partial charge in [-0.2, -0.15) is 0 Å². The number of carboxylic acid groups (broad SMARTS) is 1. The molecule has 0 fully saturated rings. The Labute approximate surface area is 86.1 Å². The number of carboxylic acids is 1. The van der Waals surface area contributed by atoms with E-state index in [4.69, 9.17) is 0 Å². The second kappa shape index (κ2) is 6.02. The van der Waals surface area contributed by atoms with Crippen molar-refractivity contribution in [3.05, 3.63) is 0 Å². The number of aliphatic carboxylic acids is 1. The fraction of sp³-hybridized carbons (Fsp3) is 0.909. The zero-order chi connectivity index (χ0) is 11.2. The first-order valence-corrected chi connectivity index (χ1v) is 5.37. The summed E-state index contributed by atoms with van der Waals surface area (Å²) in [5, 5.41) is 20.1. The van der Waals surface area contributed by atoms with Gasteiger partial charge in [-0.3, -0.25) is 0 Å². The Balaban J connectivity index is 4.09. The lowest BCUT2D eigenvalue weighted by molar-refractivity contribution is -0.324. The molecule has 0 amide bonds. The maximum Gasteiger partial charge on any atom is 0.101 e. The van der Waals surface area contributed by atoms with Crippen molar-refractivity contribution in [2.45, 2.75) is 58.5 Å². The Kier molecular flexibility index (Phi) is 5.77. The van der Waals surface area contributed by atoms with Gasteiger partial charge >= 0.3 is 0 Å². The summed E-state index contributed by atoms with van der Waals surface area (Å²) < 4.78 is 0. The predicted octanol–water partition coefficient (Wildman–Crippen LogP) is 1.09. The van der Waals surface area contributed by atoms with Gasteiger partial charge in [0.15, 0.2) is 0 Å². The molecule has 2 unspecified atom stereocenters. The van der Waals surface area contributed by atoms with E-state index >= 15 is 0 Å². The molecule has 1 N–H and O–H groups in total. The molecule has 0 aromatic carbocycles. The van der Waals surface area contributed by atoms with Crippen LogP contribution in [0.1, 0.15) is 52.9 Å². The number of hydrogen-bond donors (Lipinski definition) is 1. The lowest BCUT2D eigenvalue weighted by Crippen LogP contribution is -2.47. The molecule has 0 spiro atoms. The molecular weight excluding hydrogens is 180 g/mol. The quantitative estimate of drug-likeness (QED) is 0.670. The first kappa shape index (κ1) is 13.4. The number of carbonyl (C=O) groups excluding carboxylic acids is 1. The Bertz CT molecular complexity index is 175. The standard InChI is InChI=1S/C11H22O3/c1-4-6-7-9(5-2)8-11(3,14)10(12)13/h9,14H,4-8H2,1-3H3,(H,12,13)/p-1. The maximum atomic E-state index is 10.6. The molecule has 0 aliphatic rings. The molecule has 0 rings (SSSR count). The van der Waals surface area contributed by atoms with E-state index in [9.17, 15) is 15.0 Å². The largest absolute Gasteiger partial charge is 0.547 e. The lowest BCUT2D eigenvalue weighted by Gasteiger charge is -2.28. The van der Waals surface area contributed by atoms with Gasteiger partial charge in [0.1, 0.15) is 5.60 Å². The van der Waals surface area contributed by atoms with Gasteiger partial charge in [-0.1, -0.05) is 39.5 Å². The van der Waals surface area contributed by atoms with Crippen LogP contribution in [0.3, 0.4) is 0 Å². The van der Waals surface area contributed by atoms with Crippen molar-refractivity contribution in [1.82, 2.24) is 0 Å². The fourth-order valence-electron chi connectivity index (χ4n) is 1.59. The molecule has 0 saturated heterocycles. The third kappa shape index (κ3) is 4.61. The van der Waals surface area contributed by atoms with Crippen LogP contribution in [0, 0.1) is 5.92 Å². The second-order valence-corrected chi connectivity index (χ2v) is 4.18. The van der Waals surface area contributed by atoms with Crippen molar-refractivity contribution in [2.24, 2.45) is 5.92 Å². The van der Waals surface area contributed by atoms with Crippen molar-refractivity contribution in [3.8, 4) is 0 Å². The Morgan fingerprint density at radius 1 is 1.50 bits per heavy atom. The average molecular weight is 201 g/mol. The van der Waals surface area contributed by atoms with Crippen LogP contribution in [0.4, 0.5) is 0 Å². The molecule has 0 aromatic rings. The van der Waals surface area contributed by atoms with Crippen LogP contribution in [0.2, 0.25) is 0 Å². The van der Waals surface area contributed by atoms with Crippen molar-refractivity contribution in [2.75, 3.05) is 0 Å². The van der Waals surface area contributed by atoms with Gasteiger partial charge < -0.3 is 15.0 Å².